The van der Waals surface area contributed by atoms with Gasteiger partial charge in [-0.1, -0.05) is 12.1 Å². The summed E-state index contributed by atoms with van der Waals surface area (Å²) in [4.78, 5) is 10.5. The first kappa shape index (κ1) is 16.4. The highest BCUT2D eigenvalue weighted by molar-refractivity contribution is 7.86. The monoisotopic (exact) mass is 302 g/mol. The van der Waals surface area contributed by atoms with E-state index in [4.69, 9.17) is 5.11 Å². The molecule has 0 aliphatic carbocycles. The van der Waals surface area contributed by atoms with E-state index in [-0.39, 0.29) is 25.3 Å². The summed E-state index contributed by atoms with van der Waals surface area (Å²) in [6.07, 6.45) is -0.254. The van der Waals surface area contributed by atoms with E-state index < -0.39 is 16.2 Å². The smallest absolute Gasteiger partial charge is 0.304 e. The molecular formula is C12H18N2O5S. The van der Waals surface area contributed by atoms with Crippen LogP contribution >= 0.6 is 0 Å². The number of nitrogens with zero attached hydrogens (tertiary/aromatic N) is 2. The molecule has 0 radical (unpaired) electrons. The van der Waals surface area contributed by atoms with Crippen LogP contribution in [0.2, 0.25) is 0 Å². The van der Waals surface area contributed by atoms with Gasteiger partial charge in [0.2, 0.25) is 0 Å². The van der Waals surface area contributed by atoms with Gasteiger partial charge in [0.05, 0.1) is 6.42 Å². The van der Waals surface area contributed by atoms with Gasteiger partial charge >= 0.3 is 5.97 Å². The summed E-state index contributed by atoms with van der Waals surface area (Å²) in [6, 6.07) is 6.29. The van der Waals surface area contributed by atoms with Crippen molar-refractivity contribution in [1.29, 1.82) is 0 Å². The quantitative estimate of drug-likeness (QED) is 0.763. The molecule has 0 amide bonds. The molecule has 0 unspecified atom stereocenters. The maximum Gasteiger partial charge on any atom is 0.304 e. The Morgan fingerprint density at radius 3 is 2.45 bits per heavy atom. The number of phenols is 1. The molecule has 20 heavy (non-hydrogen) atoms. The fraction of sp³-hybridized carbons (Fsp3) is 0.417. The number of benzene rings is 1. The van der Waals surface area contributed by atoms with Crippen molar-refractivity contribution in [3.63, 3.8) is 0 Å². The summed E-state index contributed by atoms with van der Waals surface area (Å²) < 4.78 is 26.3. The lowest BCUT2D eigenvalue weighted by Gasteiger charge is -2.24. The number of phenolic OH excluding ortho intramolecular Hbond substituents is 1. The SMILES string of the molecule is CN(CCC(=O)O)S(=O)(=O)N(C)Cc1cccc(O)c1. The zero-order chi connectivity index (χ0) is 15.3. The number of carbonyl (C=O) groups is 1. The van der Waals surface area contributed by atoms with Crippen LogP contribution in [-0.4, -0.2) is 53.9 Å². The molecule has 1 rings (SSSR count). The molecule has 0 saturated heterocycles. The molecule has 1 aromatic rings. The van der Waals surface area contributed by atoms with Gasteiger partial charge in [0, 0.05) is 27.2 Å². The molecule has 0 heterocycles. The van der Waals surface area contributed by atoms with Gasteiger partial charge in [-0.05, 0) is 17.7 Å². The van der Waals surface area contributed by atoms with Crippen LogP contribution in [0.5, 0.6) is 5.75 Å². The van der Waals surface area contributed by atoms with Crippen molar-refractivity contribution in [2.45, 2.75) is 13.0 Å². The third-order valence-electron chi connectivity index (χ3n) is 2.74. The number of carboxylic acids is 1. The molecule has 0 atom stereocenters. The molecule has 0 saturated carbocycles. The highest BCUT2D eigenvalue weighted by Gasteiger charge is 2.24. The number of hydrogen-bond acceptors (Lipinski definition) is 4. The fourth-order valence-corrected chi connectivity index (χ4v) is 2.71. The zero-order valence-corrected chi connectivity index (χ0v) is 12.2. The molecule has 2 N–H and O–H groups in total. The maximum atomic E-state index is 12.1. The van der Waals surface area contributed by atoms with E-state index >= 15 is 0 Å². The van der Waals surface area contributed by atoms with Crippen LogP contribution in [0.1, 0.15) is 12.0 Å². The average Bonchev–Trinajstić information content (AvgIpc) is 2.35. The molecule has 0 fully saturated rings. The fourth-order valence-electron chi connectivity index (χ4n) is 1.60. The van der Waals surface area contributed by atoms with Crippen molar-refractivity contribution in [1.82, 2.24) is 8.61 Å². The van der Waals surface area contributed by atoms with Crippen molar-refractivity contribution >= 4 is 16.2 Å². The molecule has 1 aromatic carbocycles. The van der Waals surface area contributed by atoms with Gasteiger partial charge in [-0.2, -0.15) is 17.0 Å². The van der Waals surface area contributed by atoms with Gasteiger partial charge in [-0.25, -0.2) is 0 Å². The van der Waals surface area contributed by atoms with E-state index in [1.54, 1.807) is 12.1 Å². The van der Waals surface area contributed by atoms with Crippen LogP contribution < -0.4 is 0 Å². The Labute approximate surface area is 118 Å². The first-order chi connectivity index (χ1) is 9.23. The molecule has 0 spiro atoms. The molecule has 112 valence electrons. The van der Waals surface area contributed by atoms with E-state index in [2.05, 4.69) is 0 Å². The Morgan fingerprint density at radius 1 is 1.25 bits per heavy atom. The van der Waals surface area contributed by atoms with Crippen LogP contribution in [0.15, 0.2) is 24.3 Å². The summed E-state index contributed by atoms with van der Waals surface area (Å²) in [6.45, 7) is -0.00378. The molecule has 0 aliphatic heterocycles. The second-order valence-electron chi connectivity index (χ2n) is 4.40. The normalized spacial score (nSPS) is 12.0. The van der Waals surface area contributed by atoms with Crippen LogP contribution in [0.4, 0.5) is 0 Å². The van der Waals surface area contributed by atoms with Gasteiger partial charge in [-0.3, -0.25) is 4.79 Å². The minimum absolute atomic E-state index is 0.0625. The highest BCUT2D eigenvalue weighted by atomic mass is 32.2. The minimum Gasteiger partial charge on any atom is -0.508 e. The molecular weight excluding hydrogens is 284 g/mol. The number of rotatable bonds is 7. The van der Waals surface area contributed by atoms with E-state index in [1.807, 2.05) is 0 Å². The van der Waals surface area contributed by atoms with Crippen LogP contribution in [-0.2, 0) is 21.5 Å². The topological polar surface area (TPSA) is 98.2 Å². The Bertz CT molecular complexity index is 573. The summed E-state index contributed by atoms with van der Waals surface area (Å²) in [7, 11) is -0.994. The van der Waals surface area contributed by atoms with Crippen LogP contribution in [0, 0.1) is 0 Å². The van der Waals surface area contributed by atoms with Gasteiger partial charge in [0.25, 0.3) is 10.2 Å². The third kappa shape index (κ3) is 4.48. The predicted octanol–water partition coefficient (Wildman–Crippen LogP) is 0.475. The zero-order valence-electron chi connectivity index (χ0n) is 11.4. The molecule has 0 bridgehead atoms. The third-order valence-corrected chi connectivity index (χ3v) is 4.63. The van der Waals surface area contributed by atoms with Crippen molar-refractivity contribution in [2.75, 3.05) is 20.6 Å². The van der Waals surface area contributed by atoms with Crippen molar-refractivity contribution in [3.8, 4) is 5.75 Å². The van der Waals surface area contributed by atoms with Crippen molar-refractivity contribution in [2.24, 2.45) is 0 Å². The molecule has 0 aliphatic rings. The highest BCUT2D eigenvalue weighted by Crippen LogP contribution is 2.15. The van der Waals surface area contributed by atoms with Crippen molar-refractivity contribution in [3.05, 3.63) is 29.8 Å². The van der Waals surface area contributed by atoms with Crippen LogP contribution in [0.25, 0.3) is 0 Å². The molecule has 0 aromatic heterocycles. The number of hydrogen-bond donors (Lipinski definition) is 2. The predicted molar refractivity (Wildman–Crippen MR) is 73.4 cm³/mol. The van der Waals surface area contributed by atoms with Crippen molar-refractivity contribution < 1.29 is 23.4 Å². The van der Waals surface area contributed by atoms with E-state index in [9.17, 15) is 18.3 Å². The second-order valence-corrected chi connectivity index (χ2v) is 6.54. The number of carboxylic acid groups (broad SMARTS) is 1. The van der Waals surface area contributed by atoms with Gasteiger partial charge in [-0.15, -0.1) is 0 Å². The summed E-state index contributed by atoms with van der Waals surface area (Å²) in [5, 5.41) is 17.9. The van der Waals surface area contributed by atoms with Gasteiger partial charge in [0.1, 0.15) is 5.75 Å². The standard InChI is InChI=1S/C12H18N2O5S/c1-13(7-6-12(16)17)20(18,19)14(2)9-10-4-3-5-11(15)8-10/h3-5,8,15H,6-7,9H2,1-2H3,(H,16,17). The lowest BCUT2D eigenvalue weighted by Crippen LogP contribution is -2.40. The molecule has 8 heteroatoms. The average molecular weight is 302 g/mol. The Hall–Kier alpha value is -1.64. The lowest BCUT2D eigenvalue weighted by atomic mass is 10.2. The van der Waals surface area contributed by atoms with E-state index in [0.29, 0.717) is 5.56 Å². The lowest BCUT2D eigenvalue weighted by molar-refractivity contribution is -0.137. The van der Waals surface area contributed by atoms with Gasteiger partial charge in [0.15, 0.2) is 0 Å². The van der Waals surface area contributed by atoms with E-state index in [1.165, 1.54) is 26.2 Å². The first-order valence-electron chi connectivity index (χ1n) is 5.91. The Morgan fingerprint density at radius 2 is 1.90 bits per heavy atom. The van der Waals surface area contributed by atoms with E-state index in [0.717, 1.165) is 8.61 Å². The summed E-state index contributed by atoms with van der Waals surface area (Å²) in [5.74, 6) is -0.991. The second kappa shape index (κ2) is 6.69. The number of aromatic hydroxyl groups is 1. The first-order valence-corrected chi connectivity index (χ1v) is 7.30. The Kier molecular flexibility index (Phi) is 5.49. The number of aliphatic carboxylic acids is 1. The minimum atomic E-state index is -3.72. The molecule has 7 nitrogen and oxygen atoms in total. The Balaban J connectivity index is 2.74. The maximum absolute atomic E-state index is 12.1. The van der Waals surface area contributed by atoms with Gasteiger partial charge < -0.3 is 10.2 Å². The summed E-state index contributed by atoms with van der Waals surface area (Å²) >= 11 is 0. The van der Waals surface area contributed by atoms with Crippen LogP contribution in [0.3, 0.4) is 0 Å². The summed E-state index contributed by atoms with van der Waals surface area (Å²) in [5.41, 5.74) is 0.641. The largest absolute Gasteiger partial charge is 0.508 e.